The molecule has 4 rings (SSSR count). The lowest BCUT2D eigenvalue weighted by atomic mass is 9.77. The van der Waals surface area contributed by atoms with Gasteiger partial charge in [0, 0.05) is 17.9 Å². The topological polar surface area (TPSA) is 41.9 Å². The van der Waals surface area contributed by atoms with Crippen LogP contribution in [0.5, 0.6) is 5.75 Å². The summed E-state index contributed by atoms with van der Waals surface area (Å²) in [7, 11) is 1.68. The fourth-order valence-electron chi connectivity index (χ4n) is 4.08. The first kappa shape index (κ1) is 16.8. The zero-order valence-corrected chi connectivity index (χ0v) is 15.5. The van der Waals surface area contributed by atoms with E-state index in [9.17, 15) is 4.79 Å². The van der Waals surface area contributed by atoms with Crippen LogP contribution in [0.15, 0.2) is 47.6 Å². The molecular weight excluding hydrogens is 324 g/mol. The molecule has 2 aliphatic rings. The van der Waals surface area contributed by atoms with Gasteiger partial charge in [-0.2, -0.15) is 5.10 Å². The van der Waals surface area contributed by atoms with E-state index < -0.39 is 0 Å². The Morgan fingerprint density at radius 3 is 2.69 bits per heavy atom. The van der Waals surface area contributed by atoms with Gasteiger partial charge in [0.25, 0.3) is 0 Å². The van der Waals surface area contributed by atoms with Crippen molar-refractivity contribution in [1.82, 2.24) is 5.01 Å². The Morgan fingerprint density at radius 1 is 1.23 bits per heavy atom. The first-order valence-corrected chi connectivity index (χ1v) is 9.26. The van der Waals surface area contributed by atoms with E-state index in [4.69, 9.17) is 9.84 Å². The summed E-state index contributed by atoms with van der Waals surface area (Å²) in [5, 5.41) is 6.54. The second-order valence-electron chi connectivity index (χ2n) is 7.10. The lowest BCUT2D eigenvalue weighted by molar-refractivity contribution is -0.133. The van der Waals surface area contributed by atoms with E-state index in [1.54, 1.807) is 12.1 Å². The molecule has 1 amide bonds. The summed E-state index contributed by atoms with van der Waals surface area (Å²) in [6.45, 7) is 3.98. The molecule has 134 valence electrons. The number of benzene rings is 2. The number of rotatable bonds is 3. The van der Waals surface area contributed by atoms with Crippen LogP contribution in [0.25, 0.3) is 0 Å². The highest BCUT2D eigenvalue weighted by Gasteiger charge is 2.43. The largest absolute Gasteiger partial charge is 0.497 e. The Balaban J connectivity index is 1.80. The maximum atomic E-state index is 12.6. The Bertz CT molecular complexity index is 870. The van der Waals surface area contributed by atoms with Gasteiger partial charge < -0.3 is 4.74 Å². The molecule has 2 unspecified atom stereocenters. The van der Waals surface area contributed by atoms with Gasteiger partial charge in [-0.3, -0.25) is 4.79 Å². The highest BCUT2D eigenvalue weighted by molar-refractivity contribution is 6.07. The number of fused-ring (bicyclic) bond motifs is 3. The lowest BCUT2D eigenvalue weighted by Crippen LogP contribution is -2.31. The first-order chi connectivity index (χ1) is 12.6. The third-order valence-electron chi connectivity index (χ3n) is 5.51. The molecule has 0 bridgehead atoms. The minimum atomic E-state index is -0.0163. The maximum absolute atomic E-state index is 12.6. The summed E-state index contributed by atoms with van der Waals surface area (Å²) in [5.41, 5.74) is 5.82. The molecule has 0 saturated carbocycles. The van der Waals surface area contributed by atoms with Gasteiger partial charge in [-0.15, -0.1) is 0 Å². The third kappa shape index (κ3) is 2.70. The van der Waals surface area contributed by atoms with Crippen LogP contribution in [0.1, 0.15) is 48.1 Å². The van der Waals surface area contributed by atoms with E-state index in [0.29, 0.717) is 6.42 Å². The molecule has 2 atom stereocenters. The molecule has 26 heavy (non-hydrogen) atoms. The molecule has 0 radical (unpaired) electrons. The van der Waals surface area contributed by atoms with Gasteiger partial charge in [0.15, 0.2) is 0 Å². The zero-order chi connectivity index (χ0) is 18.3. The van der Waals surface area contributed by atoms with Crippen LogP contribution in [0.3, 0.4) is 0 Å². The highest BCUT2D eigenvalue weighted by Crippen LogP contribution is 2.44. The quantitative estimate of drug-likeness (QED) is 0.831. The second kappa shape index (κ2) is 6.60. The average Bonchev–Trinajstić information content (AvgIpc) is 3.07. The van der Waals surface area contributed by atoms with Gasteiger partial charge in [-0.05, 0) is 43.0 Å². The number of ether oxygens (including phenoxy) is 1. The van der Waals surface area contributed by atoms with Crippen molar-refractivity contribution in [1.29, 1.82) is 0 Å². The molecule has 0 N–H and O–H groups in total. The van der Waals surface area contributed by atoms with E-state index in [1.807, 2.05) is 13.0 Å². The molecular formula is C22H24N2O2. The Labute approximate surface area is 154 Å². The minimum absolute atomic E-state index is 0.0163. The smallest absolute Gasteiger partial charge is 0.242 e. The summed E-state index contributed by atoms with van der Waals surface area (Å²) in [4.78, 5) is 12.6. The minimum Gasteiger partial charge on any atom is -0.497 e. The van der Waals surface area contributed by atoms with Crippen molar-refractivity contribution < 1.29 is 9.53 Å². The molecule has 4 heteroatoms. The SMILES string of the molecule is CCC(=O)N1N=C2c3cc(OC)ccc3CCC2C1c1ccc(C)cc1. The molecule has 0 saturated heterocycles. The summed E-state index contributed by atoms with van der Waals surface area (Å²) >= 11 is 0. The van der Waals surface area contributed by atoms with Crippen LogP contribution in [-0.4, -0.2) is 23.7 Å². The van der Waals surface area contributed by atoms with E-state index >= 15 is 0 Å². The first-order valence-electron chi connectivity index (χ1n) is 9.26. The van der Waals surface area contributed by atoms with Gasteiger partial charge >= 0.3 is 0 Å². The number of nitrogens with zero attached hydrogens (tertiary/aromatic N) is 2. The van der Waals surface area contributed by atoms with Crippen molar-refractivity contribution in [2.75, 3.05) is 7.11 Å². The van der Waals surface area contributed by atoms with E-state index in [-0.39, 0.29) is 17.9 Å². The highest BCUT2D eigenvalue weighted by atomic mass is 16.5. The number of hydrogen-bond acceptors (Lipinski definition) is 3. The Hall–Kier alpha value is -2.62. The maximum Gasteiger partial charge on any atom is 0.242 e. The molecule has 1 aliphatic heterocycles. The van der Waals surface area contributed by atoms with Crippen LogP contribution in [-0.2, 0) is 11.2 Å². The molecule has 2 aromatic carbocycles. The van der Waals surface area contributed by atoms with E-state index in [0.717, 1.165) is 35.4 Å². The van der Waals surface area contributed by atoms with Crippen LogP contribution >= 0.6 is 0 Å². The summed E-state index contributed by atoms with van der Waals surface area (Å²) in [6, 6.07) is 14.7. The van der Waals surface area contributed by atoms with Crippen LogP contribution < -0.4 is 4.74 Å². The second-order valence-corrected chi connectivity index (χ2v) is 7.10. The van der Waals surface area contributed by atoms with E-state index in [2.05, 4.69) is 43.3 Å². The van der Waals surface area contributed by atoms with Gasteiger partial charge in [-0.25, -0.2) is 5.01 Å². The average molecular weight is 348 g/mol. The van der Waals surface area contributed by atoms with Crippen molar-refractivity contribution >= 4 is 11.6 Å². The number of amides is 1. The molecule has 4 nitrogen and oxygen atoms in total. The molecule has 0 aromatic heterocycles. The summed E-state index contributed by atoms with van der Waals surface area (Å²) in [5.74, 6) is 1.13. The number of aryl methyl sites for hydroxylation is 2. The summed E-state index contributed by atoms with van der Waals surface area (Å²) in [6.07, 6.45) is 2.46. The van der Waals surface area contributed by atoms with E-state index in [1.165, 1.54) is 11.1 Å². The lowest BCUT2D eigenvalue weighted by Gasteiger charge is -2.29. The van der Waals surface area contributed by atoms with Crippen LogP contribution in [0.4, 0.5) is 0 Å². The number of carbonyl (C=O) groups is 1. The fraction of sp³-hybridized carbons (Fsp3) is 0.364. The molecule has 2 aromatic rings. The normalized spacial score (nSPS) is 21.0. The summed E-state index contributed by atoms with van der Waals surface area (Å²) < 4.78 is 5.41. The van der Waals surface area contributed by atoms with Crippen molar-refractivity contribution in [3.05, 3.63) is 64.7 Å². The molecule has 1 heterocycles. The third-order valence-corrected chi connectivity index (χ3v) is 5.51. The Kier molecular flexibility index (Phi) is 4.27. The van der Waals surface area contributed by atoms with Gasteiger partial charge in [-0.1, -0.05) is 42.8 Å². The predicted octanol–water partition coefficient (Wildman–Crippen LogP) is 4.26. The zero-order valence-electron chi connectivity index (χ0n) is 15.5. The van der Waals surface area contributed by atoms with Gasteiger partial charge in [0.1, 0.15) is 5.75 Å². The van der Waals surface area contributed by atoms with Crippen LogP contribution in [0, 0.1) is 12.8 Å². The monoisotopic (exact) mass is 348 g/mol. The fourth-order valence-corrected chi connectivity index (χ4v) is 4.08. The number of hydrazone groups is 1. The Morgan fingerprint density at radius 2 is 2.00 bits per heavy atom. The van der Waals surface area contributed by atoms with Crippen molar-refractivity contribution in [2.45, 2.75) is 39.2 Å². The molecule has 1 aliphatic carbocycles. The van der Waals surface area contributed by atoms with Gasteiger partial charge in [0.05, 0.1) is 18.9 Å². The van der Waals surface area contributed by atoms with Crippen molar-refractivity contribution in [3.8, 4) is 5.75 Å². The molecule has 0 spiro atoms. The van der Waals surface area contributed by atoms with Gasteiger partial charge in [0.2, 0.25) is 5.91 Å². The molecule has 0 fully saturated rings. The van der Waals surface area contributed by atoms with Crippen molar-refractivity contribution in [2.24, 2.45) is 11.0 Å². The number of hydrogen-bond donors (Lipinski definition) is 0. The van der Waals surface area contributed by atoms with Crippen molar-refractivity contribution in [3.63, 3.8) is 0 Å². The predicted molar refractivity (Wildman–Crippen MR) is 102 cm³/mol. The van der Waals surface area contributed by atoms with Crippen LogP contribution in [0.2, 0.25) is 0 Å². The number of carbonyl (C=O) groups excluding carboxylic acids is 1. The number of methoxy groups -OCH3 is 1. The standard InChI is InChI=1S/C22H24N2O2/c1-4-20(25)24-22(16-7-5-14(2)6-8-16)18-12-10-15-9-11-17(26-3)13-19(15)21(18)23-24/h5-9,11,13,18,22H,4,10,12H2,1-3H3.